The molecule has 0 saturated heterocycles. The predicted octanol–water partition coefficient (Wildman–Crippen LogP) is 9.64. The predicted molar refractivity (Wildman–Crippen MR) is 185 cm³/mol. The number of hydrogen-bond acceptors (Lipinski definition) is 4. The molecule has 248 valence electrons. The zero-order chi connectivity index (χ0) is 32.1. The van der Waals surface area contributed by atoms with E-state index in [-0.39, 0.29) is 35.9 Å². The van der Waals surface area contributed by atoms with Crippen molar-refractivity contribution in [2.75, 3.05) is 0 Å². The molecule has 0 N–H and O–H groups in total. The summed E-state index contributed by atoms with van der Waals surface area (Å²) in [6.45, 7) is 15.7. The summed E-state index contributed by atoms with van der Waals surface area (Å²) in [5.74, 6) is -2.01. The van der Waals surface area contributed by atoms with Crippen molar-refractivity contribution in [3.05, 3.63) is 49.2 Å². The molecule has 0 atom stereocenters. The van der Waals surface area contributed by atoms with Gasteiger partial charge in [-0.1, -0.05) is 195 Å². The van der Waals surface area contributed by atoms with Gasteiger partial charge in [0.05, 0.1) is 5.97 Å². The van der Waals surface area contributed by atoms with Gasteiger partial charge in [0.15, 0.2) is 0 Å². The molecule has 0 unspecified atom stereocenters. The number of carboxylic acids is 2. The Morgan fingerprint density at radius 2 is 0.930 bits per heavy atom. The Kier molecular flexibility index (Phi) is 49.0. The number of carboxylic acid groups (broad SMARTS) is 2. The van der Waals surface area contributed by atoms with Crippen LogP contribution in [0.4, 0.5) is 0 Å². The quantitative estimate of drug-likeness (QED) is 0.0839. The fourth-order valence-electron chi connectivity index (χ4n) is 4.09. The number of benzene rings is 1. The van der Waals surface area contributed by atoms with Gasteiger partial charge in [-0.15, -0.1) is 0 Å². The molecule has 0 spiro atoms. The van der Waals surface area contributed by atoms with Gasteiger partial charge in [-0.25, -0.2) is 0 Å². The Morgan fingerprint density at radius 1 is 0.581 bits per heavy atom. The monoisotopic (exact) mass is 708 g/mol. The number of carbonyl (C=O) groups excluding carboxylic acids is 2. The van der Waals surface area contributed by atoms with Gasteiger partial charge in [0.2, 0.25) is 0 Å². The molecule has 0 fully saturated rings. The van der Waals surface area contributed by atoms with E-state index in [1.54, 1.807) is 12.1 Å². The van der Waals surface area contributed by atoms with Gasteiger partial charge in [0, 0.05) is 5.97 Å². The van der Waals surface area contributed by atoms with Crippen molar-refractivity contribution in [3.63, 3.8) is 0 Å². The molecule has 0 bridgehead atoms. The Morgan fingerprint density at radius 3 is 1.21 bits per heavy atom. The Labute approximate surface area is 285 Å². The van der Waals surface area contributed by atoms with Crippen LogP contribution >= 0.6 is 0 Å². The van der Waals surface area contributed by atoms with E-state index >= 15 is 0 Å². The molecular weight excluding hydrogens is 639 g/mol. The van der Waals surface area contributed by atoms with Crippen molar-refractivity contribution >= 4 is 35.8 Å². The maximum Gasteiger partial charge on any atom is 2.00 e. The largest absolute Gasteiger partial charge is 2.00 e. The molecule has 4 nitrogen and oxygen atoms in total. The number of unbranched alkanes of at least 4 members (excludes halogenated alkanes) is 19. The van der Waals surface area contributed by atoms with E-state index in [1.807, 2.05) is 13.0 Å². The molecule has 43 heavy (non-hydrogen) atoms. The Bertz CT molecular complexity index is 670. The summed E-state index contributed by atoms with van der Waals surface area (Å²) in [5, 5.41) is 20.6. The number of hydrogen-bond donors (Lipinski definition) is 0. The molecular formula is C38H68O4Sn. The number of aromatic carboxylic acids is 1. The second-order valence-corrected chi connectivity index (χ2v) is 11.2. The molecule has 5 heteroatoms. The van der Waals surface area contributed by atoms with Crippen LogP contribution in [0.5, 0.6) is 0 Å². The van der Waals surface area contributed by atoms with Crippen molar-refractivity contribution in [3.8, 4) is 0 Å². The first-order chi connectivity index (χ1) is 20.3. The van der Waals surface area contributed by atoms with Crippen LogP contribution in [0.1, 0.15) is 191 Å². The third-order valence-corrected chi connectivity index (χ3v) is 7.01. The SMILES string of the molecule is CCCCCCCCCCCCCCCCCCCCC(=O)[O-].CCc1cccc(C(=O)[O-])c1.[CH2]CCC.[CH2]CCC.[Sn+2]. The summed E-state index contributed by atoms with van der Waals surface area (Å²) in [7, 11) is 0. The number of aliphatic carboxylic acids is 1. The van der Waals surface area contributed by atoms with E-state index in [0.717, 1.165) is 37.7 Å². The first kappa shape index (κ1) is 48.9. The van der Waals surface area contributed by atoms with Crippen molar-refractivity contribution in [1.82, 2.24) is 0 Å². The molecule has 0 amide bonds. The topological polar surface area (TPSA) is 80.3 Å². The Hall–Kier alpha value is -1.04. The van der Waals surface area contributed by atoms with E-state index in [9.17, 15) is 19.8 Å². The summed E-state index contributed by atoms with van der Waals surface area (Å²) in [6.07, 6.45) is 29.7. The van der Waals surface area contributed by atoms with Gasteiger partial charge in [0.25, 0.3) is 0 Å². The van der Waals surface area contributed by atoms with Crippen LogP contribution in [-0.2, 0) is 11.2 Å². The van der Waals surface area contributed by atoms with Gasteiger partial charge in [-0.3, -0.25) is 0 Å². The standard InChI is InChI=1S/C21H42O2.C9H10O2.2C4H9.Sn/c1-2-3-4-5-6-7-8-9-10-11-12-13-14-15-16-17-18-19-20-21(22)23;1-2-7-4-3-5-8(6-7)9(10)11;2*1-3-4-2;/h2-20H2,1H3,(H,22,23);3-6H,2H2,1H3,(H,10,11);2*1,3-4H2,2H3;/q;;;;+2/p-2. The first-order valence-electron chi connectivity index (χ1n) is 17.4. The summed E-state index contributed by atoms with van der Waals surface area (Å²) in [6, 6.07) is 6.79. The fraction of sp³-hybridized carbons (Fsp3) is 0.737. The molecule has 0 aromatic heterocycles. The Balaban J connectivity index is -0.000000312. The van der Waals surface area contributed by atoms with Crippen LogP contribution in [0.2, 0.25) is 0 Å². The van der Waals surface area contributed by atoms with Crippen LogP contribution in [0.25, 0.3) is 0 Å². The van der Waals surface area contributed by atoms with Crippen LogP contribution in [0.3, 0.4) is 0 Å². The maximum atomic E-state index is 10.4. The molecule has 4 radical (unpaired) electrons. The normalized spacial score (nSPS) is 9.72. The minimum atomic E-state index is -1.11. The summed E-state index contributed by atoms with van der Waals surface area (Å²) in [5.41, 5.74) is 1.27. The number of rotatable bonds is 23. The van der Waals surface area contributed by atoms with Gasteiger partial charge < -0.3 is 19.8 Å². The van der Waals surface area contributed by atoms with Gasteiger partial charge in [-0.05, 0) is 36.5 Å². The summed E-state index contributed by atoms with van der Waals surface area (Å²) < 4.78 is 0. The molecule has 0 aliphatic heterocycles. The van der Waals surface area contributed by atoms with Gasteiger partial charge >= 0.3 is 23.9 Å². The first-order valence-corrected chi connectivity index (χ1v) is 17.4. The minimum absolute atomic E-state index is 0. The minimum Gasteiger partial charge on any atom is -0.550 e. The molecule has 1 rings (SSSR count). The van der Waals surface area contributed by atoms with Gasteiger partial charge in [-0.2, -0.15) is 0 Å². The van der Waals surface area contributed by atoms with Crippen molar-refractivity contribution in [2.45, 2.75) is 182 Å². The zero-order valence-electron chi connectivity index (χ0n) is 28.8. The third-order valence-electron chi connectivity index (χ3n) is 7.01. The van der Waals surface area contributed by atoms with E-state index in [0.29, 0.717) is 0 Å². The summed E-state index contributed by atoms with van der Waals surface area (Å²) >= 11 is 0. The average molecular weight is 708 g/mol. The van der Waals surface area contributed by atoms with Crippen LogP contribution in [-0.4, -0.2) is 35.8 Å². The second-order valence-electron chi connectivity index (χ2n) is 11.2. The van der Waals surface area contributed by atoms with Gasteiger partial charge in [0.1, 0.15) is 0 Å². The van der Waals surface area contributed by atoms with Crippen LogP contribution < -0.4 is 10.2 Å². The van der Waals surface area contributed by atoms with E-state index in [4.69, 9.17) is 0 Å². The van der Waals surface area contributed by atoms with Crippen molar-refractivity contribution in [1.29, 1.82) is 0 Å². The molecule has 0 aliphatic carbocycles. The van der Waals surface area contributed by atoms with Crippen molar-refractivity contribution in [2.24, 2.45) is 0 Å². The second kappa shape index (κ2) is 43.1. The van der Waals surface area contributed by atoms with E-state index in [1.165, 1.54) is 122 Å². The third kappa shape index (κ3) is 45.5. The van der Waals surface area contributed by atoms with E-state index < -0.39 is 11.9 Å². The number of carbonyl (C=O) groups is 2. The maximum absolute atomic E-state index is 10.4. The van der Waals surface area contributed by atoms with Crippen LogP contribution in [0, 0.1) is 13.8 Å². The molecule has 1 aromatic rings. The smallest absolute Gasteiger partial charge is 0.550 e. The summed E-state index contributed by atoms with van der Waals surface area (Å²) in [4.78, 5) is 20.6. The molecule has 0 heterocycles. The average Bonchev–Trinajstić information content (AvgIpc) is 3.00. The molecule has 0 saturated carbocycles. The van der Waals surface area contributed by atoms with Crippen LogP contribution in [0.15, 0.2) is 24.3 Å². The number of aryl methyl sites for hydroxylation is 1. The molecule has 0 aliphatic rings. The fourth-order valence-corrected chi connectivity index (χ4v) is 4.09. The van der Waals surface area contributed by atoms with Crippen molar-refractivity contribution < 1.29 is 19.8 Å². The van der Waals surface area contributed by atoms with E-state index in [2.05, 4.69) is 34.6 Å². The zero-order valence-corrected chi connectivity index (χ0v) is 31.7. The molecule has 1 aromatic carbocycles.